The van der Waals surface area contributed by atoms with Crippen molar-refractivity contribution in [2.24, 2.45) is 5.92 Å². The lowest BCUT2D eigenvalue weighted by Gasteiger charge is -2.24. The predicted octanol–water partition coefficient (Wildman–Crippen LogP) is 1.81. The van der Waals surface area contributed by atoms with Gasteiger partial charge in [-0.3, -0.25) is 4.79 Å². The van der Waals surface area contributed by atoms with Crippen LogP contribution in [0.15, 0.2) is 17.1 Å². The summed E-state index contributed by atoms with van der Waals surface area (Å²) in [6.45, 7) is 1.50. The first-order valence-electron chi connectivity index (χ1n) is 6.22. The van der Waals surface area contributed by atoms with Crippen LogP contribution in [0.4, 0.5) is 4.39 Å². The summed E-state index contributed by atoms with van der Waals surface area (Å²) in [6, 6.07) is 1.09. The third kappa shape index (κ3) is 3.10. The molecule has 4 nitrogen and oxygen atoms in total. The number of pyridine rings is 1. The number of halogens is 1. The van der Waals surface area contributed by atoms with Crippen LogP contribution in [0, 0.1) is 11.7 Å². The van der Waals surface area contributed by atoms with Gasteiger partial charge in [-0.25, -0.2) is 4.39 Å². The van der Waals surface area contributed by atoms with E-state index in [9.17, 15) is 9.18 Å². The van der Waals surface area contributed by atoms with Gasteiger partial charge in [0.05, 0.1) is 13.7 Å². The number of ether oxygens (including phenoxy) is 2. The third-order valence-electron chi connectivity index (χ3n) is 3.31. The number of nitrogens with zero attached hydrogens (tertiary/aromatic N) is 1. The fourth-order valence-corrected chi connectivity index (χ4v) is 1.92. The standard InChI is InChI=1S/C13H18FNO3/c1-17-11-7-12(14)13(16)15(8-11)5-6-18-9-10-3-2-4-10/h7-8,10H,2-6,9H2,1H3. The number of rotatable bonds is 6. The summed E-state index contributed by atoms with van der Waals surface area (Å²) < 4.78 is 25.0. The normalized spacial score (nSPS) is 15.4. The first-order valence-corrected chi connectivity index (χ1v) is 6.22. The van der Waals surface area contributed by atoms with Crippen LogP contribution in [-0.4, -0.2) is 24.9 Å². The van der Waals surface area contributed by atoms with E-state index in [2.05, 4.69) is 0 Å². The summed E-state index contributed by atoms with van der Waals surface area (Å²) in [5, 5.41) is 0. The maximum atomic E-state index is 13.3. The van der Waals surface area contributed by atoms with Gasteiger partial charge in [-0.15, -0.1) is 0 Å². The molecule has 0 saturated heterocycles. The third-order valence-corrected chi connectivity index (χ3v) is 3.31. The van der Waals surface area contributed by atoms with E-state index in [1.165, 1.54) is 37.1 Å². The van der Waals surface area contributed by atoms with E-state index in [4.69, 9.17) is 9.47 Å². The summed E-state index contributed by atoms with van der Waals surface area (Å²) in [5.74, 6) is 0.211. The van der Waals surface area contributed by atoms with E-state index in [-0.39, 0.29) is 0 Å². The van der Waals surface area contributed by atoms with E-state index in [0.717, 1.165) is 12.7 Å². The predicted molar refractivity (Wildman–Crippen MR) is 65.4 cm³/mol. The van der Waals surface area contributed by atoms with E-state index >= 15 is 0 Å². The molecule has 0 spiro atoms. The highest BCUT2D eigenvalue weighted by atomic mass is 19.1. The molecule has 0 atom stereocenters. The Morgan fingerprint density at radius 2 is 2.28 bits per heavy atom. The van der Waals surface area contributed by atoms with Gasteiger partial charge in [0.2, 0.25) is 0 Å². The summed E-state index contributed by atoms with van der Waals surface area (Å²) in [7, 11) is 1.44. The van der Waals surface area contributed by atoms with E-state index < -0.39 is 11.4 Å². The van der Waals surface area contributed by atoms with Crippen molar-refractivity contribution in [1.29, 1.82) is 0 Å². The Morgan fingerprint density at radius 1 is 1.50 bits per heavy atom. The first kappa shape index (κ1) is 13.1. The Kier molecular flexibility index (Phi) is 4.36. The topological polar surface area (TPSA) is 40.5 Å². The second-order valence-electron chi connectivity index (χ2n) is 4.60. The molecule has 0 aromatic carbocycles. The van der Waals surface area contributed by atoms with Crippen LogP contribution >= 0.6 is 0 Å². The summed E-state index contributed by atoms with van der Waals surface area (Å²) in [6.07, 6.45) is 5.24. The van der Waals surface area contributed by atoms with Crippen molar-refractivity contribution < 1.29 is 13.9 Å². The highest BCUT2D eigenvalue weighted by molar-refractivity contribution is 5.18. The molecule has 0 N–H and O–H groups in total. The zero-order valence-corrected chi connectivity index (χ0v) is 10.5. The van der Waals surface area contributed by atoms with Gasteiger partial charge in [-0.2, -0.15) is 0 Å². The highest BCUT2D eigenvalue weighted by Gasteiger charge is 2.17. The molecule has 1 aromatic rings. The zero-order valence-electron chi connectivity index (χ0n) is 10.5. The maximum absolute atomic E-state index is 13.3. The van der Waals surface area contributed by atoms with Gasteiger partial charge in [-0.1, -0.05) is 6.42 Å². The van der Waals surface area contributed by atoms with Crippen molar-refractivity contribution >= 4 is 0 Å². The van der Waals surface area contributed by atoms with Gasteiger partial charge in [-0.05, 0) is 18.8 Å². The van der Waals surface area contributed by atoms with E-state index in [1.807, 2.05) is 0 Å². The van der Waals surface area contributed by atoms with Crippen molar-refractivity contribution in [2.75, 3.05) is 20.3 Å². The Hall–Kier alpha value is -1.36. The van der Waals surface area contributed by atoms with Crippen LogP contribution in [0.25, 0.3) is 0 Å². The molecule has 0 radical (unpaired) electrons. The van der Waals surface area contributed by atoms with Gasteiger partial charge in [0, 0.05) is 25.4 Å². The molecule has 1 heterocycles. The molecule has 1 aromatic heterocycles. The van der Waals surface area contributed by atoms with Crippen molar-refractivity contribution in [3.63, 3.8) is 0 Å². The van der Waals surface area contributed by atoms with Crippen LogP contribution in [0.2, 0.25) is 0 Å². The summed E-state index contributed by atoms with van der Waals surface area (Å²) in [5.41, 5.74) is -0.636. The minimum Gasteiger partial charge on any atom is -0.495 e. The van der Waals surface area contributed by atoms with Crippen LogP contribution in [0.1, 0.15) is 19.3 Å². The first-order chi connectivity index (χ1) is 8.70. The maximum Gasteiger partial charge on any atom is 0.286 e. The lowest BCUT2D eigenvalue weighted by atomic mass is 9.86. The smallest absolute Gasteiger partial charge is 0.286 e. The molecule has 1 aliphatic rings. The zero-order chi connectivity index (χ0) is 13.0. The number of hydrogen-bond acceptors (Lipinski definition) is 3. The monoisotopic (exact) mass is 255 g/mol. The Labute approximate surface area is 105 Å². The molecule has 5 heteroatoms. The number of hydrogen-bond donors (Lipinski definition) is 0. The molecule has 1 fully saturated rings. The van der Waals surface area contributed by atoms with Crippen LogP contribution in [-0.2, 0) is 11.3 Å². The molecule has 0 aliphatic heterocycles. The van der Waals surface area contributed by atoms with Gasteiger partial charge >= 0.3 is 0 Å². The molecular formula is C13H18FNO3. The molecule has 1 aliphatic carbocycles. The van der Waals surface area contributed by atoms with Crippen molar-refractivity contribution in [2.45, 2.75) is 25.8 Å². The van der Waals surface area contributed by atoms with Crippen LogP contribution in [0.3, 0.4) is 0 Å². The van der Waals surface area contributed by atoms with E-state index in [0.29, 0.717) is 24.8 Å². The van der Waals surface area contributed by atoms with E-state index in [1.54, 1.807) is 0 Å². The fraction of sp³-hybridized carbons (Fsp3) is 0.615. The molecule has 100 valence electrons. The lowest BCUT2D eigenvalue weighted by molar-refractivity contribution is 0.0649. The minimum atomic E-state index is -0.798. The van der Waals surface area contributed by atoms with Crippen molar-refractivity contribution in [3.05, 3.63) is 28.4 Å². The second-order valence-corrected chi connectivity index (χ2v) is 4.60. The Bertz CT molecular complexity index is 454. The highest BCUT2D eigenvalue weighted by Crippen LogP contribution is 2.26. The number of aromatic nitrogens is 1. The van der Waals surface area contributed by atoms with Gasteiger partial charge < -0.3 is 14.0 Å². The van der Waals surface area contributed by atoms with Crippen LogP contribution < -0.4 is 10.3 Å². The molecule has 18 heavy (non-hydrogen) atoms. The average Bonchev–Trinajstić information content (AvgIpc) is 2.31. The molecule has 0 amide bonds. The van der Waals surface area contributed by atoms with Gasteiger partial charge in [0.15, 0.2) is 5.82 Å². The number of methoxy groups -OCH3 is 1. The summed E-state index contributed by atoms with van der Waals surface area (Å²) in [4.78, 5) is 11.5. The SMILES string of the molecule is COc1cc(F)c(=O)n(CCOCC2CCC2)c1. The Morgan fingerprint density at radius 3 is 2.89 bits per heavy atom. The lowest BCUT2D eigenvalue weighted by Crippen LogP contribution is -2.25. The minimum absolute atomic E-state index is 0.339. The second kappa shape index (κ2) is 6.00. The molecule has 1 saturated carbocycles. The Balaban J connectivity index is 1.87. The molecule has 2 rings (SSSR count). The molecule has 0 unspecified atom stereocenters. The molecular weight excluding hydrogens is 237 g/mol. The largest absolute Gasteiger partial charge is 0.495 e. The van der Waals surface area contributed by atoms with Gasteiger partial charge in [0.25, 0.3) is 5.56 Å². The quantitative estimate of drug-likeness (QED) is 0.728. The van der Waals surface area contributed by atoms with Gasteiger partial charge in [0.1, 0.15) is 5.75 Å². The fourth-order valence-electron chi connectivity index (χ4n) is 1.92. The average molecular weight is 255 g/mol. The summed E-state index contributed by atoms with van der Waals surface area (Å²) >= 11 is 0. The molecule has 0 bridgehead atoms. The van der Waals surface area contributed by atoms with Crippen molar-refractivity contribution in [3.8, 4) is 5.75 Å². The van der Waals surface area contributed by atoms with Crippen LogP contribution in [0.5, 0.6) is 5.75 Å². The van der Waals surface area contributed by atoms with Crippen molar-refractivity contribution in [1.82, 2.24) is 4.57 Å².